The van der Waals surface area contributed by atoms with Crippen LogP contribution >= 0.6 is 11.6 Å². The predicted octanol–water partition coefficient (Wildman–Crippen LogP) is 1.77. The molecule has 0 amide bonds. The van der Waals surface area contributed by atoms with Gasteiger partial charge in [-0.1, -0.05) is 11.6 Å². The van der Waals surface area contributed by atoms with Crippen LogP contribution in [0.25, 0.3) is 5.69 Å². The van der Waals surface area contributed by atoms with E-state index in [1.54, 1.807) is 0 Å². The van der Waals surface area contributed by atoms with Gasteiger partial charge in [0.1, 0.15) is 5.02 Å². The summed E-state index contributed by atoms with van der Waals surface area (Å²) in [6.07, 6.45) is 3.22. The minimum Gasteiger partial charge on any atom is -0.394 e. The molecule has 27 heavy (non-hydrogen) atoms. The van der Waals surface area contributed by atoms with Crippen molar-refractivity contribution in [2.75, 3.05) is 31.2 Å². The number of non-ortho nitro benzene ring substituents is 1. The van der Waals surface area contributed by atoms with Crippen LogP contribution in [0.15, 0.2) is 35.3 Å². The topological polar surface area (TPSA) is 111 Å². The van der Waals surface area contributed by atoms with Crippen LogP contribution in [0.4, 0.5) is 11.4 Å². The average molecular weight is 395 g/mol. The molecule has 1 N–H and O–H groups in total. The first kappa shape index (κ1) is 19.3. The molecule has 1 atom stereocenters. The number of benzene rings is 1. The minimum absolute atomic E-state index is 0.0335. The van der Waals surface area contributed by atoms with Crippen LogP contribution < -0.4 is 10.5 Å². The van der Waals surface area contributed by atoms with E-state index in [0.717, 1.165) is 24.1 Å². The van der Waals surface area contributed by atoms with Crippen molar-refractivity contribution in [1.29, 1.82) is 0 Å². The standard InChI is InChI=1S/C17H19ClN4O5/c18-16-15(20-7-1-2-14(11-20)27-9-8-23)10-19-21(17(16)24)12-3-5-13(6-4-12)22(25)26/h3-6,10,14,23H,1-2,7-9,11H2. The third kappa shape index (κ3) is 4.26. The number of aliphatic hydroxyl groups excluding tert-OH is 1. The number of aromatic nitrogens is 2. The Labute approximate surface area is 159 Å². The van der Waals surface area contributed by atoms with Gasteiger partial charge in [-0.2, -0.15) is 9.78 Å². The van der Waals surface area contributed by atoms with E-state index in [1.165, 1.54) is 30.5 Å². The summed E-state index contributed by atoms with van der Waals surface area (Å²) in [6.45, 7) is 1.51. The fourth-order valence-corrected chi connectivity index (χ4v) is 3.30. The summed E-state index contributed by atoms with van der Waals surface area (Å²) in [6, 6.07) is 5.50. The van der Waals surface area contributed by atoms with E-state index >= 15 is 0 Å². The summed E-state index contributed by atoms with van der Waals surface area (Å²) in [5, 5.41) is 23.9. The van der Waals surface area contributed by atoms with Gasteiger partial charge in [-0.05, 0) is 25.0 Å². The molecule has 0 bridgehead atoms. The molecule has 1 aromatic heterocycles. The van der Waals surface area contributed by atoms with Crippen LogP contribution in [0.2, 0.25) is 5.02 Å². The van der Waals surface area contributed by atoms with E-state index in [1.807, 2.05) is 4.90 Å². The molecule has 1 aromatic carbocycles. The maximum Gasteiger partial charge on any atom is 0.292 e. The molecule has 144 valence electrons. The molecular formula is C17H19ClN4O5. The van der Waals surface area contributed by atoms with Gasteiger partial charge in [0.15, 0.2) is 0 Å². The number of hydrogen-bond donors (Lipinski definition) is 1. The van der Waals surface area contributed by atoms with E-state index in [0.29, 0.717) is 17.9 Å². The zero-order chi connectivity index (χ0) is 19.4. The second-order valence-corrected chi connectivity index (χ2v) is 6.52. The van der Waals surface area contributed by atoms with Crippen molar-refractivity contribution in [2.24, 2.45) is 0 Å². The number of nitro groups is 1. The van der Waals surface area contributed by atoms with Crippen molar-refractivity contribution in [3.05, 3.63) is 56.0 Å². The lowest BCUT2D eigenvalue weighted by atomic mass is 10.1. The summed E-state index contributed by atoms with van der Waals surface area (Å²) in [7, 11) is 0. The van der Waals surface area contributed by atoms with Crippen LogP contribution in [0.3, 0.4) is 0 Å². The Kier molecular flexibility index (Phi) is 6.04. The van der Waals surface area contributed by atoms with Crippen molar-refractivity contribution in [1.82, 2.24) is 9.78 Å². The number of ether oxygens (including phenoxy) is 1. The number of hydrogen-bond acceptors (Lipinski definition) is 7. The second-order valence-electron chi connectivity index (χ2n) is 6.14. The summed E-state index contributed by atoms with van der Waals surface area (Å²) in [5.74, 6) is 0. The highest BCUT2D eigenvalue weighted by molar-refractivity contribution is 6.33. The average Bonchev–Trinajstić information content (AvgIpc) is 2.68. The first-order valence-electron chi connectivity index (χ1n) is 8.51. The lowest BCUT2D eigenvalue weighted by Crippen LogP contribution is -2.41. The van der Waals surface area contributed by atoms with Crippen molar-refractivity contribution in [3.63, 3.8) is 0 Å². The first-order valence-corrected chi connectivity index (χ1v) is 8.89. The van der Waals surface area contributed by atoms with Gasteiger partial charge in [-0.15, -0.1) is 0 Å². The molecule has 2 heterocycles. The number of anilines is 1. The maximum absolute atomic E-state index is 12.6. The van der Waals surface area contributed by atoms with E-state index in [9.17, 15) is 14.9 Å². The molecular weight excluding hydrogens is 376 g/mol. The molecule has 0 aliphatic carbocycles. The third-order valence-electron chi connectivity index (χ3n) is 4.37. The number of rotatable bonds is 6. The minimum atomic E-state index is -0.512. The predicted molar refractivity (Wildman–Crippen MR) is 99.8 cm³/mol. The first-order chi connectivity index (χ1) is 13.0. The SMILES string of the molecule is O=c1c(Cl)c(N2CCCC(OCCO)C2)cnn1-c1ccc([N+](=O)[O-])cc1. The van der Waals surface area contributed by atoms with E-state index < -0.39 is 10.5 Å². The van der Waals surface area contributed by atoms with Crippen LogP contribution in [0.5, 0.6) is 0 Å². The fraction of sp³-hybridized carbons (Fsp3) is 0.412. The van der Waals surface area contributed by atoms with E-state index in [2.05, 4.69) is 5.10 Å². The Bertz CT molecular complexity index is 871. The fourth-order valence-electron chi connectivity index (χ4n) is 3.06. The molecule has 2 aromatic rings. The van der Waals surface area contributed by atoms with Crippen molar-refractivity contribution in [2.45, 2.75) is 18.9 Å². The van der Waals surface area contributed by atoms with Gasteiger partial charge in [-0.25, -0.2) is 0 Å². The Morgan fingerprint density at radius 1 is 1.37 bits per heavy atom. The third-order valence-corrected chi connectivity index (χ3v) is 4.72. The van der Waals surface area contributed by atoms with Crippen molar-refractivity contribution in [3.8, 4) is 5.69 Å². The number of halogens is 1. The molecule has 3 rings (SSSR count). The molecule has 1 aliphatic heterocycles. The van der Waals surface area contributed by atoms with Crippen LogP contribution in [-0.2, 0) is 4.74 Å². The summed E-state index contributed by atoms with van der Waals surface area (Å²) in [4.78, 5) is 24.8. The van der Waals surface area contributed by atoms with Crippen molar-refractivity contribution >= 4 is 23.0 Å². The Hall–Kier alpha value is -2.49. The monoisotopic (exact) mass is 394 g/mol. The van der Waals surface area contributed by atoms with Crippen LogP contribution in [0, 0.1) is 10.1 Å². The van der Waals surface area contributed by atoms with E-state index in [-0.39, 0.29) is 30.0 Å². The molecule has 0 saturated carbocycles. The Morgan fingerprint density at radius 2 is 2.11 bits per heavy atom. The molecule has 10 heteroatoms. The normalized spacial score (nSPS) is 17.1. The quantitative estimate of drug-likeness (QED) is 0.587. The van der Waals surface area contributed by atoms with Gasteiger partial charge in [0.25, 0.3) is 11.2 Å². The van der Waals surface area contributed by atoms with Crippen LogP contribution in [-0.4, -0.2) is 52.2 Å². The largest absolute Gasteiger partial charge is 0.394 e. The molecule has 1 fully saturated rings. The van der Waals surface area contributed by atoms with Gasteiger partial charge >= 0.3 is 0 Å². The Morgan fingerprint density at radius 3 is 2.78 bits per heavy atom. The second kappa shape index (κ2) is 8.47. The molecule has 1 aliphatic rings. The number of aliphatic hydroxyl groups is 1. The Balaban J connectivity index is 1.84. The lowest BCUT2D eigenvalue weighted by molar-refractivity contribution is -0.384. The van der Waals surface area contributed by atoms with Crippen LogP contribution in [0.1, 0.15) is 12.8 Å². The highest BCUT2D eigenvalue weighted by Gasteiger charge is 2.24. The van der Waals surface area contributed by atoms with Gasteiger partial charge in [0.2, 0.25) is 0 Å². The zero-order valence-electron chi connectivity index (χ0n) is 14.5. The highest BCUT2D eigenvalue weighted by Crippen LogP contribution is 2.26. The van der Waals surface area contributed by atoms with Gasteiger partial charge in [0.05, 0.1) is 41.8 Å². The molecule has 1 unspecified atom stereocenters. The summed E-state index contributed by atoms with van der Waals surface area (Å²) < 4.78 is 6.69. The van der Waals surface area contributed by atoms with Gasteiger partial charge in [-0.3, -0.25) is 14.9 Å². The molecule has 1 saturated heterocycles. The number of nitro benzene ring substituents is 1. The van der Waals surface area contributed by atoms with E-state index in [4.69, 9.17) is 21.4 Å². The lowest BCUT2D eigenvalue weighted by Gasteiger charge is -2.34. The number of nitrogens with zero attached hydrogens (tertiary/aromatic N) is 4. The smallest absolute Gasteiger partial charge is 0.292 e. The summed E-state index contributed by atoms with van der Waals surface area (Å²) in [5.41, 5.74) is 0.345. The molecule has 0 radical (unpaired) electrons. The molecule has 9 nitrogen and oxygen atoms in total. The van der Waals surface area contributed by atoms with Gasteiger partial charge in [0, 0.05) is 25.2 Å². The number of piperidine rings is 1. The highest BCUT2D eigenvalue weighted by atomic mass is 35.5. The summed E-state index contributed by atoms with van der Waals surface area (Å²) >= 11 is 6.31. The molecule has 0 spiro atoms. The zero-order valence-corrected chi connectivity index (χ0v) is 15.2. The maximum atomic E-state index is 12.6. The van der Waals surface area contributed by atoms with Crippen molar-refractivity contribution < 1.29 is 14.8 Å². The van der Waals surface area contributed by atoms with Gasteiger partial charge < -0.3 is 14.7 Å².